The Labute approximate surface area is 123 Å². The predicted octanol–water partition coefficient (Wildman–Crippen LogP) is 3.42. The molecule has 2 heterocycles. The molecule has 0 spiro atoms. The van der Waals surface area contributed by atoms with Crippen LogP contribution in [0.1, 0.15) is 25.0 Å². The largest absolute Gasteiger partial charge is 0.353 e. The van der Waals surface area contributed by atoms with E-state index in [1.54, 1.807) is 23.6 Å². The van der Waals surface area contributed by atoms with Crippen LogP contribution in [0.3, 0.4) is 0 Å². The summed E-state index contributed by atoms with van der Waals surface area (Å²) in [6.07, 6.45) is 1.67. The van der Waals surface area contributed by atoms with Gasteiger partial charge in [-0.15, -0.1) is 0 Å². The quantitative estimate of drug-likeness (QED) is 0.884. The van der Waals surface area contributed by atoms with Gasteiger partial charge in [0.15, 0.2) is 11.6 Å². The Balaban J connectivity index is 2.12. The first-order valence-electron chi connectivity index (χ1n) is 6.67. The summed E-state index contributed by atoms with van der Waals surface area (Å²) in [7, 11) is 1.86. The molecule has 0 bridgehead atoms. The maximum absolute atomic E-state index is 14.5. The van der Waals surface area contributed by atoms with E-state index >= 15 is 0 Å². The van der Waals surface area contributed by atoms with E-state index in [4.69, 9.17) is 0 Å². The van der Waals surface area contributed by atoms with Crippen molar-refractivity contribution in [3.8, 4) is 0 Å². The number of nitrogens with one attached hydrogen (secondary N) is 1. The average molecular weight is 293 g/mol. The number of anilines is 1. The van der Waals surface area contributed by atoms with Crippen LogP contribution in [0.25, 0.3) is 0 Å². The van der Waals surface area contributed by atoms with E-state index in [0.29, 0.717) is 30.5 Å². The molecule has 0 amide bonds. The van der Waals surface area contributed by atoms with Gasteiger partial charge in [0.25, 0.3) is 0 Å². The van der Waals surface area contributed by atoms with Crippen LogP contribution in [0, 0.1) is 5.82 Å². The topological polar surface area (TPSA) is 28.2 Å². The molecule has 5 heteroatoms. The maximum Gasteiger partial charge on any atom is 0.170 e. The summed E-state index contributed by atoms with van der Waals surface area (Å²) >= 11 is 1.64. The third-order valence-electron chi connectivity index (χ3n) is 3.01. The molecule has 2 rings (SSSR count). The van der Waals surface area contributed by atoms with Crippen molar-refractivity contribution in [1.29, 1.82) is 0 Å². The summed E-state index contributed by atoms with van der Waals surface area (Å²) in [5.74, 6) is 0.164. The number of nitrogens with zero attached hydrogens (tertiary/aromatic N) is 2. The molecule has 0 saturated heterocycles. The van der Waals surface area contributed by atoms with Crippen molar-refractivity contribution in [2.45, 2.75) is 33.0 Å². The minimum Gasteiger partial charge on any atom is -0.353 e. The first kappa shape index (κ1) is 14.9. The Morgan fingerprint density at radius 2 is 2.20 bits per heavy atom. The van der Waals surface area contributed by atoms with Crippen LogP contribution < -0.4 is 10.2 Å². The van der Waals surface area contributed by atoms with Crippen LogP contribution in [0.5, 0.6) is 0 Å². The van der Waals surface area contributed by atoms with Crippen LogP contribution in [0.15, 0.2) is 29.1 Å². The lowest BCUT2D eigenvalue weighted by Gasteiger charge is -2.19. The van der Waals surface area contributed by atoms with Gasteiger partial charge in [-0.25, -0.2) is 9.37 Å². The highest BCUT2D eigenvalue weighted by Gasteiger charge is 2.14. The van der Waals surface area contributed by atoms with Gasteiger partial charge in [-0.2, -0.15) is 11.3 Å². The van der Waals surface area contributed by atoms with Crippen molar-refractivity contribution in [3.05, 3.63) is 46.0 Å². The maximum atomic E-state index is 14.5. The summed E-state index contributed by atoms with van der Waals surface area (Å²) < 4.78 is 14.5. The molecule has 3 nitrogen and oxygen atoms in total. The number of hydrogen-bond acceptors (Lipinski definition) is 4. The van der Waals surface area contributed by atoms with E-state index in [9.17, 15) is 4.39 Å². The lowest BCUT2D eigenvalue weighted by molar-refractivity contribution is 0.548. The molecule has 0 fully saturated rings. The number of pyridine rings is 1. The molecule has 2 aromatic heterocycles. The second-order valence-corrected chi connectivity index (χ2v) is 5.91. The zero-order valence-electron chi connectivity index (χ0n) is 12.1. The van der Waals surface area contributed by atoms with Gasteiger partial charge < -0.3 is 10.2 Å². The fourth-order valence-corrected chi connectivity index (χ4v) is 2.58. The monoisotopic (exact) mass is 293 g/mol. The standard InChI is InChI=1S/C15H20FN3S/c1-11(2)18-8-13-4-6-17-15(14(13)16)19(3)9-12-5-7-20-10-12/h4-7,10-11,18H,8-9H2,1-3H3. The number of hydrogen-bond donors (Lipinski definition) is 1. The Bertz CT molecular complexity index is 540. The molecule has 1 N–H and O–H groups in total. The molecule has 0 aliphatic carbocycles. The van der Waals surface area contributed by atoms with E-state index < -0.39 is 0 Å². The van der Waals surface area contributed by atoms with Crippen molar-refractivity contribution < 1.29 is 4.39 Å². The highest BCUT2D eigenvalue weighted by Crippen LogP contribution is 2.20. The third-order valence-corrected chi connectivity index (χ3v) is 3.75. The van der Waals surface area contributed by atoms with E-state index in [2.05, 4.69) is 15.7 Å². The SMILES string of the molecule is CC(C)NCc1ccnc(N(C)Cc2ccsc2)c1F. The van der Waals surface area contributed by atoms with Crippen molar-refractivity contribution in [3.63, 3.8) is 0 Å². The minimum absolute atomic E-state index is 0.238. The molecule has 0 aliphatic rings. The van der Waals surface area contributed by atoms with Crippen LogP contribution in [0.4, 0.5) is 10.2 Å². The fraction of sp³-hybridized carbons (Fsp3) is 0.400. The highest BCUT2D eigenvalue weighted by molar-refractivity contribution is 7.07. The van der Waals surface area contributed by atoms with Gasteiger partial charge in [-0.05, 0) is 28.5 Å². The number of rotatable bonds is 6. The van der Waals surface area contributed by atoms with Crippen LogP contribution >= 0.6 is 11.3 Å². The zero-order chi connectivity index (χ0) is 14.5. The van der Waals surface area contributed by atoms with Crippen LogP contribution in [0.2, 0.25) is 0 Å². The minimum atomic E-state index is -0.238. The molecule has 2 aromatic rings. The summed E-state index contributed by atoms with van der Waals surface area (Å²) in [6.45, 7) is 5.27. The Hall–Kier alpha value is -1.46. The molecule has 0 unspecified atom stereocenters. The van der Waals surface area contributed by atoms with Crippen molar-refractivity contribution in [2.75, 3.05) is 11.9 Å². The number of halogens is 1. The highest BCUT2D eigenvalue weighted by atomic mass is 32.1. The third kappa shape index (κ3) is 3.77. The summed E-state index contributed by atoms with van der Waals surface area (Å²) in [6, 6.07) is 4.10. The van der Waals surface area contributed by atoms with Gasteiger partial charge in [-0.1, -0.05) is 13.8 Å². The lowest BCUT2D eigenvalue weighted by Crippen LogP contribution is -2.24. The van der Waals surface area contributed by atoms with Gasteiger partial charge in [0.2, 0.25) is 0 Å². The van der Waals surface area contributed by atoms with Gasteiger partial charge in [0, 0.05) is 37.9 Å². The van der Waals surface area contributed by atoms with Gasteiger partial charge >= 0.3 is 0 Å². The van der Waals surface area contributed by atoms with Gasteiger partial charge in [0.1, 0.15) is 0 Å². The second-order valence-electron chi connectivity index (χ2n) is 5.13. The summed E-state index contributed by atoms with van der Waals surface area (Å²) in [5, 5.41) is 7.32. The predicted molar refractivity (Wildman–Crippen MR) is 82.6 cm³/mol. The van der Waals surface area contributed by atoms with Crippen molar-refractivity contribution in [1.82, 2.24) is 10.3 Å². The van der Waals surface area contributed by atoms with E-state index in [0.717, 1.165) is 0 Å². The van der Waals surface area contributed by atoms with Gasteiger partial charge in [-0.3, -0.25) is 0 Å². The smallest absolute Gasteiger partial charge is 0.170 e. The van der Waals surface area contributed by atoms with E-state index in [-0.39, 0.29) is 5.82 Å². The second kappa shape index (κ2) is 6.81. The summed E-state index contributed by atoms with van der Waals surface area (Å²) in [5.41, 5.74) is 1.82. The fourth-order valence-electron chi connectivity index (χ4n) is 1.92. The Kier molecular flexibility index (Phi) is 5.09. The molecule has 20 heavy (non-hydrogen) atoms. The molecule has 0 aromatic carbocycles. The average Bonchev–Trinajstić information content (AvgIpc) is 2.90. The lowest BCUT2D eigenvalue weighted by atomic mass is 10.2. The van der Waals surface area contributed by atoms with E-state index in [1.807, 2.05) is 37.2 Å². The number of thiophene rings is 1. The molecule has 0 atom stereocenters. The molecule has 0 saturated carbocycles. The van der Waals surface area contributed by atoms with Crippen molar-refractivity contribution >= 4 is 17.2 Å². The molecule has 0 aliphatic heterocycles. The number of aromatic nitrogens is 1. The molecular weight excluding hydrogens is 273 g/mol. The molecule has 0 radical (unpaired) electrons. The Morgan fingerprint density at radius 3 is 2.85 bits per heavy atom. The summed E-state index contributed by atoms with van der Waals surface area (Å²) in [4.78, 5) is 6.02. The zero-order valence-corrected chi connectivity index (χ0v) is 12.9. The first-order valence-corrected chi connectivity index (χ1v) is 7.61. The van der Waals surface area contributed by atoms with E-state index in [1.165, 1.54) is 5.56 Å². The normalized spacial score (nSPS) is 11.1. The first-order chi connectivity index (χ1) is 9.58. The van der Waals surface area contributed by atoms with Crippen molar-refractivity contribution in [2.24, 2.45) is 0 Å². The van der Waals surface area contributed by atoms with Crippen LogP contribution in [-0.4, -0.2) is 18.1 Å². The Morgan fingerprint density at radius 1 is 1.40 bits per heavy atom. The molecular formula is C15H20FN3S. The van der Waals surface area contributed by atoms with Gasteiger partial charge in [0.05, 0.1) is 0 Å². The molecule has 108 valence electrons. The van der Waals surface area contributed by atoms with Crippen LogP contribution in [-0.2, 0) is 13.1 Å².